The second kappa shape index (κ2) is 5.89. The van der Waals surface area contributed by atoms with Gasteiger partial charge in [-0.3, -0.25) is 0 Å². The molecule has 118 valence electrons. The van der Waals surface area contributed by atoms with Crippen molar-refractivity contribution in [2.45, 2.75) is 26.6 Å². The lowest BCUT2D eigenvalue weighted by Gasteiger charge is -2.29. The molecular weight excluding hydrogens is 381 g/mol. The molecule has 0 bridgehead atoms. The zero-order chi connectivity index (χ0) is 16.7. The van der Waals surface area contributed by atoms with Crippen molar-refractivity contribution in [1.82, 2.24) is 0 Å². The largest absolute Gasteiger partial charge is 0.419 e. The Morgan fingerprint density at radius 1 is 1.32 bits per heavy atom. The van der Waals surface area contributed by atoms with Crippen molar-refractivity contribution in [2.75, 3.05) is 5.32 Å². The van der Waals surface area contributed by atoms with Gasteiger partial charge in [0.1, 0.15) is 5.82 Å². The first-order chi connectivity index (χ1) is 10.1. The van der Waals surface area contributed by atoms with Gasteiger partial charge in [-0.25, -0.2) is 14.0 Å². The number of hydrogen-bond donors (Lipinski definition) is 1. The molecule has 1 aliphatic rings. The minimum atomic E-state index is -1.31. The maximum absolute atomic E-state index is 13.5. The predicted molar refractivity (Wildman–Crippen MR) is 81.8 cm³/mol. The molecular formula is C14H12BrClFNO4. The lowest BCUT2D eigenvalue weighted by atomic mass is 10.2. The zero-order valence-corrected chi connectivity index (χ0v) is 14.3. The van der Waals surface area contributed by atoms with Gasteiger partial charge < -0.3 is 14.8 Å². The number of anilines is 1. The van der Waals surface area contributed by atoms with Gasteiger partial charge in [0.15, 0.2) is 5.57 Å². The molecule has 0 spiro atoms. The number of hydrogen-bond acceptors (Lipinski definition) is 5. The van der Waals surface area contributed by atoms with Crippen LogP contribution in [0.4, 0.5) is 10.1 Å². The summed E-state index contributed by atoms with van der Waals surface area (Å²) in [7, 11) is 0. The number of cyclic esters (lactones) is 2. The number of ether oxygens (including phenoxy) is 2. The zero-order valence-electron chi connectivity index (χ0n) is 11.9. The van der Waals surface area contributed by atoms with E-state index in [2.05, 4.69) is 21.2 Å². The minimum absolute atomic E-state index is 0.0877. The Morgan fingerprint density at radius 3 is 2.41 bits per heavy atom. The Bertz CT molecular complexity index is 681. The van der Waals surface area contributed by atoms with E-state index in [-0.39, 0.29) is 10.6 Å². The van der Waals surface area contributed by atoms with Gasteiger partial charge in [-0.1, -0.05) is 11.6 Å². The van der Waals surface area contributed by atoms with Crippen LogP contribution in [0.25, 0.3) is 0 Å². The van der Waals surface area contributed by atoms with Gasteiger partial charge in [0.2, 0.25) is 0 Å². The lowest BCUT2D eigenvalue weighted by Crippen LogP contribution is -2.42. The fraction of sp³-hybridized carbons (Fsp3) is 0.286. The average molecular weight is 393 g/mol. The van der Waals surface area contributed by atoms with Crippen molar-refractivity contribution in [2.24, 2.45) is 0 Å². The standard InChI is InChI=1S/C14H12BrClFNO4/c1-6-9(17)4-8(16)11(10(6)15)18-5-7-12(19)21-14(2,3)22-13(7)20/h4-5,18H,1-3H3. The first-order valence-corrected chi connectivity index (χ1v) is 7.37. The van der Waals surface area contributed by atoms with Crippen LogP contribution in [-0.4, -0.2) is 17.7 Å². The second-order valence-corrected chi connectivity index (χ2v) is 6.24. The third-order valence-corrected chi connectivity index (χ3v) is 4.17. The smallest absolute Gasteiger partial charge is 0.350 e. The number of nitrogens with one attached hydrogen (secondary N) is 1. The highest BCUT2D eigenvalue weighted by atomic mass is 79.9. The Hall–Kier alpha value is -1.60. The highest BCUT2D eigenvalue weighted by Gasteiger charge is 2.39. The van der Waals surface area contributed by atoms with Crippen LogP contribution in [0.3, 0.4) is 0 Å². The SMILES string of the molecule is Cc1c(F)cc(Cl)c(NC=C2C(=O)OC(C)(C)OC2=O)c1Br. The maximum atomic E-state index is 13.5. The van der Waals surface area contributed by atoms with Gasteiger partial charge >= 0.3 is 11.9 Å². The highest BCUT2D eigenvalue weighted by Crippen LogP contribution is 2.35. The summed E-state index contributed by atoms with van der Waals surface area (Å²) in [6, 6.07) is 1.13. The number of halogens is 3. The average Bonchev–Trinajstić information content (AvgIpc) is 2.37. The summed E-state index contributed by atoms with van der Waals surface area (Å²) < 4.78 is 23.8. The highest BCUT2D eigenvalue weighted by molar-refractivity contribution is 9.10. The normalized spacial score (nSPS) is 16.9. The van der Waals surface area contributed by atoms with Crippen LogP contribution in [0.1, 0.15) is 19.4 Å². The van der Waals surface area contributed by atoms with E-state index < -0.39 is 23.5 Å². The summed E-state index contributed by atoms with van der Waals surface area (Å²) in [6.45, 7) is 4.45. The molecule has 1 aromatic carbocycles. The third-order valence-electron chi connectivity index (χ3n) is 2.88. The molecule has 1 aliphatic heterocycles. The molecule has 0 aliphatic carbocycles. The Kier molecular flexibility index (Phi) is 4.49. The number of carbonyl (C=O) groups is 2. The summed E-state index contributed by atoms with van der Waals surface area (Å²) in [5.74, 6) is -3.43. The second-order valence-electron chi connectivity index (χ2n) is 5.04. The quantitative estimate of drug-likeness (QED) is 0.472. The van der Waals surface area contributed by atoms with E-state index in [0.717, 1.165) is 12.3 Å². The molecule has 0 radical (unpaired) electrons. The van der Waals surface area contributed by atoms with Crippen LogP contribution in [-0.2, 0) is 19.1 Å². The van der Waals surface area contributed by atoms with Gasteiger partial charge in [-0.15, -0.1) is 0 Å². The molecule has 5 nitrogen and oxygen atoms in total. The molecule has 1 aromatic rings. The third kappa shape index (κ3) is 3.25. The number of esters is 2. The molecule has 1 heterocycles. The molecule has 0 unspecified atom stereocenters. The van der Waals surface area contributed by atoms with Crippen molar-refractivity contribution >= 4 is 45.2 Å². The molecule has 2 rings (SSSR count). The van der Waals surface area contributed by atoms with Crippen LogP contribution < -0.4 is 5.32 Å². The van der Waals surface area contributed by atoms with Crippen LogP contribution >= 0.6 is 27.5 Å². The molecule has 1 N–H and O–H groups in total. The molecule has 8 heteroatoms. The summed E-state index contributed by atoms with van der Waals surface area (Å²) in [5.41, 5.74) is 0.336. The summed E-state index contributed by atoms with van der Waals surface area (Å²) >= 11 is 9.16. The summed E-state index contributed by atoms with van der Waals surface area (Å²) in [5, 5.41) is 2.79. The topological polar surface area (TPSA) is 64.6 Å². The molecule has 1 saturated heterocycles. The fourth-order valence-electron chi connectivity index (χ4n) is 1.74. The molecule has 22 heavy (non-hydrogen) atoms. The van der Waals surface area contributed by atoms with Crippen LogP contribution in [0, 0.1) is 12.7 Å². The Morgan fingerprint density at radius 2 is 1.86 bits per heavy atom. The first kappa shape index (κ1) is 16.8. The number of carbonyl (C=O) groups excluding carboxylic acids is 2. The van der Waals surface area contributed by atoms with E-state index in [1.165, 1.54) is 13.8 Å². The van der Waals surface area contributed by atoms with E-state index in [1.54, 1.807) is 6.92 Å². The van der Waals surface area contributed by atoms with Gasteiger partial charge in [0.25, 0.3) is 5.79 Å². The van der Waals surface area contributed by atoms with Crippen molar-refractivity contribution in [3.63, 3.8) is 0 Å². The van der Waals surface area contributed by atoms with Gasteiger partial charge in [0, 0.05) is 30.1 Å². The molecule has 0 saturated carbocycles. The van der Waals surface area contributed by atoms with E-state index >= 15 is 0 Å². The predicted octanol–water partition coefficient (Wildman–Crippen LogP) is 3.68. The molecule has 0 aromatic heterocycles. The van der Waals surface area contributed by atoms with Gasteiger partial charge in [0.05, 0.1) is 10.7 Å². The molecule has 1 fully saturated rings. The van der Waals surface area contributed by atoms with Crippen LogP contribution in [0.15, 0.2) is 22.3 Å². The lowest BCUT2D eigenvalue weighted by molar-refractivity contribution is -0.222. The van der Waals surface area contributed by atoms with Crippen molar-refractivity contribution in [3.8, 4) is 0 Å². The fourth-order valence-corrected chi connectivity index (χ4v) is 2.62. The van der Waals surface area contributed by atoms with Crippen molar-refractivity contribution in [3.05, 3.63) is 38.7 Å². The van der Waals surface area contributed by atoms with E-state index in [4.69, 9.17) is 21.1 Å². The molecule has 0 atom stereocenters. The van der Waals surface area contributed by atoms with Crippen molar-refractivity contribution in [1.29, 1.82) is 0 Å². The number of benzene rings is 1. The van der Waals surface area contributed by atoms with Gasteiger partial charge in [-0.05, 0) is 28.9 Å². The van der Waals surface area contributed by atoms with Crippen LogP contribution in [0.2, 0.25) is 5.02 Å². The molecule has 0 amide bonds. The minimum Gasteiger partial charge on any atom is -0.419 e. The maximum Gasteiger partial charge on any atom is 0.350 e. The summed E-state index contributed by atoms with van der Waals surface area (Å²) in [4.78, 5) is 23.6. The van der Waals surface area contributed by atoms with E-state index in [9.17, 15) is 14.0 Å². The Labute approximate surface area is 139 Å². The Balaban J connectivity index is 2.32. The number of rotatable bonds is 2. The summed E-state index contributed by atoms with van der Waals surface area (Å²) in [6.07, 6.45) is 1.11. The first-order valence-electron chi connectivity index (χ1n) is 6.20. The van der Waals surface area contributed by atoms with Crippen molar-refractivity contribution < 1.29 is 23.5 Å². The van der Waals surface area contributed by atoms with E-state index in [1.807, 2.05) is 0 Å². The van der Waals surface area contributed by atoms with E-state index in [0.29, 0.717) is 15.7 Å². The van der Waals surface area contributed by atoms with Gasteiger partial charge in [-0.2, -0.15) is 0 Å². The van der Waals surface area contributed by atoms with Crippen LogP contribution in [0.5, 0.6) is 0 Å². The monoisotopic (exact) mass is 391 g/mol.